The summed E-state index contributed by atoms with van der Waals surface area (Å²) < 4.78 is 26.9. The van der Waals surface area contributed by atoms with Crippen LogP contribution in [-0.2, 0) is 4.79 Å². The third kappa shape index (κ3) is 3.48. The molecular formula is C14H17F2N3O2. The number of nitrogens with one attached hydrogen (secondary N) is 1. The van der Waals surface area contributed by atoms with Crippen LogP contribution in [0.15, 0.2) is 12.1 Å². The minimum absolute atomic E-state index is 0.181. The Balaban J connectivity index is 2.01. The van der Waals surface area contributed by atoms with Gasteiger partial charge < -0.3 is 16.8 Å². The van der Waals surface area contributed by atoms with E-state index in [1.165, 1.54) is 0 Å². The zero-order valence-corrected chi connectivity index (χ0v) is 11.4. The lowest BCUT2D eigenvalue weighted by atomic mass is 9.85. The minimum Gasteiger partial charge on any atom is -0.396 e. The predicted octanol–water partition coefficient (Wildman–Crippen LogP) is 1.32. The van der Waals surface area contributed by atoms with Crippen molar-refractivity contribution in [3.8, 4) is 0 Å². The number of primary amides is 1. The molecule has 1 aromatic carbocycles. The molecule has 0 atom stereocenters. The highest BCUT2D eigenvalue weighted by Crippen LogP contribution is 2.25. The van der Waals surface area contributed by atoms with Gasteiger partial charge in [0.25, 0.3) is 5.91 Å². The Hall–Kier alpha value is -2.18. The summed E-state index contributed by atoms with van der Waals surface area (Å²) in [4.78, 5) is 23.0. The number of anilines is 1. The van der Waals surface area contributed by atoms with E-state index in [0.29, 0.717) is 25.7 Å². The van der Waals surface area contributed by atoms with Crippen molar-refractivity contribution >= 4 is 17.5 Å². The van der Waals surface area contributed by atoms with Crippen molar-refractivity contribution in [2.24, 2.45) is 11.7 Å². The molecule has 1 aromatic rings. The van der Waals surface area contributed by atoms with Gasteiger partial charge in [-0.2, -0.15) is 0 Å². The zero-order valence-electron chi connectivity index (χ0n) is 11.4. The molecule has 0 aliphatic heterocycles. The van der Waals surface area contributed by atoms with E-state index in [2.05, 4.69) is 5.32 Å². The number of hydrogen-bond donors (Lipinski definition) is 3. The Labute approximate surface area is 120 Å². The quantitative estimate of drug-likeness (QED) is 0.734. The SMILES string of the molecule is NC(=O)C1CCC(NC(=O)c2cc(F)cc(N)c2F)CC1. The van der Waals surface area contributed by atoms with E-state index in [1.807, 2.05) is 0 Å². The molecule has 0 heterocycles. The summed E-state index contributed by atoms with van der Waals surface area (Å²) in [7, 11) is 0. The number of nitrogen functional groups attached to an aromatic ring is 1. The van der Waals surface area contributed by atoms with E-state index in [-0.39, 0.29) is 17.9 Å². The minimum atomic E-state index is -0.931. The molecule has 1 aliphatic rings. The van der Waals surface area contributed by atoms with Gasteiger partial charge in [-0.25, -0.2) is 8.78 Å². The largest absolute Gasteiger partial charge is 0.396 e. The Morgan fingerprint density at radius 2 is 1.76 bits per heavy atom. The van der Waals surface area contributed by atoms with Crippen molar-refractivity contribution in [2.45, 2.75) is 31.7 Å². The van der Waals surface area contributed by atoms with E-state index in [0.717, 1.165) is 12.1 Å². The number of halogens is 2. The van der Waals surface area contributed by atoms with Crippen LogP contribution in [-0.4, -0.2) is 17.9 Å². The number of hydrogen-bond acceptors (Lipinski definition) is 3. The number of rotatable bonds is 3. The van der Waals surface area contributed by atoms with Gasteiger partial charge in [-0.05, 0) is 37.8 Å². The van der Waals surface area contributed by atoms with Crippen molar-refractivity contribution in [1.82, 2.24) is 5.32 Å². The third-order valence-electron chi connectivity index (χ3n) is 3.77. The van der Waals surface area contributed by atoms with Crippen LogP contribution in [0.5, 0.6) is 0 Å². The summed E-state index contributed by atoms with van der Waals surface area (Å²) in [6, 6.07) is 1.46. The van der Waals surface area contributed by atoms with E-state index in [1.54, 1.807) is 0 Å². The number of benzene rings is 1. The second-order valence-electron chi connectivity index (χ2n) is 5.28. The van der Waals surface area contributed by atoms with Crippen LogP contribution in [0.25, 0.3) is 0 Å². The fraction of sp³-hybridized carbons (Fsp3) is 0.429. The van der Waals surface area contributed by atoms with Gasteiger partial charge in [0.05, 0.1) is 11.3 Å². The summed E-state index contributed by atoms with van der Waals surface area (Å²) in [6.45, 7) is 0. The molecule has 21 heavy (non-hydrogen) atoms. The summed E-state index contributed by atoms with van der Waals surface area (Å²) in [5.41, 5.74) is 9.71. The first-order valence-corrected chi connectivity index (χ1v) is 6.73. The first-order valence-electron chi connectivity index (χ1n) is 6.73. The van der Waals surface area contributed by atoms with Gasteiger partial charge in [0.2, 0.25) is 5.91 Å². The van der Waals surface area contributed by atoms with Crippen LogP contribution < -0.4 is 16.8 Å². The molecule has 2 amide bonds. The maximum absolute atomic E-state index is 13.7. The molecule has 7 heteroatoms. The average molecular weight is 297 g/mol. The van der Waals surface area contributed by atoms with Crippen molar-refractivity contribution in [3.63, 3.8) is 0 Å². The summed E-state index contributed by atoms with van der Waals surface area (Å²) in [5.74, 6) is -2.93. The topological polar surface area (TPSA) is 98.2 Å². The maximum atomic E-state index is 13.7. The van der Waals surface area contributed by atoms with Crippen LogP contribution in [0.2, 0.25) is 0 Å². The molecule has 0 radical (unpaired) electrons. The fourth-order valence-electron chi connectivity index (χ4n) is 2.56. The van der Waals surface area contributed by atoms with Crippen LogP contribution in [0.4, 0.5) is 14.5 Å². The molecule has 0 saturated heterocycles. The highest BCUT2D eigenvalue weighted by molar-refractivity contribution is 5.95. The van der Waals surface area contributed by atoms with Gasteiger partial charge in [0.1, 0.15) is 5.82 Å². The normalized spacial score (nSPS) is 21.8. The Morgan fingerprint density at radius 1 is 1.14 bits per heavy atom. The van der Waals surface area contributed by atoms with Crippen molar-refractivity contribution < 1.29 is 18.4 Å². The lowest BCUT2D eigenvalue weighted by Crippen LogP contribution is -2.40. The molecule has 0 spiro atoms. The van der Waals surface area contributed by atoms with Gasteiger partial charge in [0, 0.05) is 12.0 Å². The standard InChI is InChI=1S/C14H17F2N3O2/c15-8-5-10(12(16)11(17)6-8)14(21)19-9-3-1-7(2-4-9)13(18)20/h5-7,9H,1-4,17H2,(H2,18,20)(H,19,21). The lowest BCUT2D eigenvalue weighted by molar-refractivity contribution is -0.122. The smallest absolute Gasteiger partial charge is 0.254 e. The summed E-state index contributed by atoms with van der Waals surface area (Å²) in [6.07, 6.45) is 2.31. The van der Waals surface area contributed by atoms with E-state index in [4.69, 9.17) is 11.5 Å². The molecule has 0 aromatic heterocycles. The number of nitrogens with two attached hydrogens (primary N) is 2. The third-order valence-corrected chi connectivity index (χ3v) is 3.77. The Kier molecular flexibility index (Phi) is 4.40. The van der Waals surface area contributed by atoms with E-state index >= 15 is 0 Å². The van der Waals surface area contributed by atoms with E-state index < -0.39 is 28.8 Å². The Bertz CT molecular complexity index is 570. The van der Waals surface area contributed by atoms with Crippen LogP contribution >= 0.6 is 0 Å². The summed E-state index contributed by atoms with van der Waals surface area (Å²) >= 11 is 0. The van der Waals surface area contributed by atoms with Gasteiger partial charge in [-0.3, -0.25) is 9.59 Å². The average Bonchev–Trinajstić information content (AvgIpc) is 2.43. The predicted molar refractivity (Wildman–Crippen MR) is 73.2 cm³/mol. The molecule has 5 nitrogen and oxygen atoms in total. The molecule has 1 saturated carbocycles. The highest BCUT2D eigenvalue weighted by Gasteiger charge is 2.26. The molecule has 0 bridgehead atoms. The molecular weight excluding hydrogens is 280 g/mol. The van der Waals surface area contributed by atoms with Crippen molar-refractivity contribution in [2.75, 3.05) is 5.73 Å². The Morgan fingerprint density at radius 3 is 2.33 bits per heavy atom. The first-order chi connectivity index (χ1) is 9.88. The molecule has 1 aliphatic carbocycles. The van der Waals surface area contributed by atoms with Gasteiger partial charge >= 0.3 is 0 Å². The highest BCUT2D eigenvalue weighted by atomic mass is 19.1. The molecule has 1 fully saturated rings. The van der Waals surface area contributed by atoms with E-state index in [9.17, 15) is 18.4 Å². The number of carbonyl (C=O) groups excluding carboxylic acids is 2. The first kappa shape index (κ1) is 15.2. The molecule has 114 valence electrons. The van der Waals surface area contributed by atoms with Gasteiger partial charge in [-0.15, -0.1) is 0 Å². The maximum Gasteiger partial charge on any atom is 0.254 e. The molecule has 2 rings (SSSR count). The number of carbonyl (C=O) groups is 2. The monoisotopic (exact) mass is 297 g/mol. The van der Waals surface area contributed by atoms with Gasteiger partial charge in [0.15, 0.2) is 5.82 Å². The zero-order chi connectivity index (χ0) is 15.6. The lowest BCUT2D eigenvalue weighted by Gasteiger charge is -2.27. The molecule has 5 N–H and O–H groups in total. The molecule has 0 unspecified atom stereocenters. The second kappa shape index (κ2) is 6.07. The van der Waals surface area contributed by atoms with Crippen LogP contribution in [0.1, 0.15) is 36.0 Å². The van der Waals surface area contributed by atoms with Crippen molar-refractivity contribution in [3.05, 3.63) is 29.3 Å². The summed E-state index contributed by atoms with van der Waals surface area (Å²) in [5, 5.41) is 2.64. The fourth-order valence-corrected chi connectivity index (χ4v) is 2.56. The van der Waals surface area contributed by atoms with Gasteiger partial charge in [-0.1, -0.05) is 0 Å². The number of amides is 2. The second-order valence-corrected chi connectivity index (χ2v) is 5.28. The van der Waals surface area contributed by atoms with Crippen LogP contribution in [0, 0.1) is 17.6 Å². The van der Waals surface area contributed by atoms with Crippen LogP contribution in [0.3, 0.4) is 0 Å². The van der Waals surface area contributed by atoms with Crippen molar-refractivity contribution in [1.29, 1.82) is 0 Å².